The highest BCUT2D eigenvalue weighted by Gasteiger charge is 2.27. The van der Waals surface area contributed by atoms with E-state index in [1.54, 1.807) is 6.21 Å². The second-order valence-corrected chi connectivity index (χ2v) is 7.32. The smallest absolute Gasteiger partial charge is 0.405 e. The molecule has 0 radical (unpaired) electrons. The molecular formula is C17H32N4O4. The van der Waals surface area contributed by atoms with E-state index in [-0.39, 0.29) is 17.8 Å². The van der Waals surface area contributed by atoms with Gasteiger partial charge < -0.3 is 15.7 Å². The molecule has 0 bridgehead atoms. The van der Waals surface area contributed by atoms with Crippen LogP contribution in [0.4, 0.5) is 4.79 Å². The fourth-order valence-electron chi connectivity index (χ4n) is 2.16. The van der Waals surface area contributed by atoms with Crippen molar-refractivity contribution in [2.75, 3.05) is 0 Å². The fraction of sp³-hybridized carbons (Fsp3) is 0.765. The number of nitrogens with one attached hydrogen (secondary N) is 3. The lowest BCUT2D eigenvalue weighted by atomic mass is 10.0. The van der Waals surface area contributed by atoms with Gasteiger partial charge in [0.1, 0.15) is 12.1 Å². The van der Waals surface area contributed by atoms with Crippen LogP contribution in [0.1, 0.15) is 54.4 Å². The largest absolute Gasteiger partial charge is 0.465 e. The summed E-state index contributed by atoms with van der Waals surface area (Å²) in [6.45, 7) is 11.5. The second kappa shape index (κ2) is 11.4. The predicted octanol–water partition coefficient (Wildman–Crippen LogP) is 1.96. The van der Waals surface area contributed by atoms with E-state index in [1.165, 1.54) is 0 Å². The molecule has 0 fully saturated rings. The number of hydrogen-bond donors (Lipinski definition) is 4. The zero-order chi connectivity index (χ0) is 19.6. The van der Waals surface area contributed by atoms with Gasteiger partial charge in [-0.1, -0.05) is 41.5 Å². The first kappa shape index (κ1) is 22.9. The number of hydrazone groups is 1. The molecule has 0 rings (SSSR count). The van der Waals surface area contributed by atoms with Crippen LogP contribution in [-0.2, 0) is 9.59 Å². The van der Waals surface area contributed by atoms with Crippen LogP contribution in [0.5, 0.6) is 0 Å². The monoisotopic (exact) mass is 356 g/mol. The van der Waals surface area contributed by atoms with Gasteiger partial charge in [-0.15, -0.1) is 0 Å². The minimum atomic E-state index is -1.27. The lowest BCUT2D eigenvalue weighted by Crippen LogP contribution is -2.53. The Kier molecular flexibility index (Phi) is 10.5. The van der Waals surface area contributed by atoms with Crippen molar-refractivity contribution in [3.63, 3.8) is 0 Å². The van der Waals surface area contributed by atoms with Crippen LogP contribution < -0.4 is 16.1 Å². The third-order valence-electron chi connectivity index (χ3n) is 3.21. The van der Waals surface area contributed by atoms with E-state index in [4.69, 9.17) is 5.11 Å². The van der Waals surface area contributed by atoms with Gasteiger partial charge >= 0.3 is 6.09 Å². The van der Waals surface area contributed by atoms with Gasteiger partial charge in [-0.25, -0.2) is 10.2 Å². The molecule has 0 aromatic rings. The normalized spacial score (nSPS) is 14.0. The van der Waals surface area contributed by atoms with Gasteiger partial charge in [0, 0.05) is 6.21 Å². The van der Waals surface area contributed by atoms with Crippen molar-refractivity contribution >= 4 is 24.1 Å². The number of nitrogens with zero attached hydrogens (tertiary/aromatic N) is 1. The summed E-state index contributed by atoms with van der Waals surface area (Å²) in [4.78, 5) is 35.6. The van der Waals surface area contributed by atoms with E-state index < -0.39 is 30.0 Å². The number of rotatable bonds is 10. The summed E-state index contributed by atoms with van der Waals surface area (Å²) in [6.07, 6.45) is 1.10. The molecule has 0 aromatic carbocycles. The summed E-state index contributed by atoms with van der Waals surface area (Å²) in [5, 5.41) is 17.6. The third kappa shape index (κ3) is 11.1. The molecule has 0 aromatic heterocycles. The maximum absolute atomic E-state index is 12.4. The maximum Gasteiger partial charge on any atom is 0.405 e. The van der Waals surface area contributed by atoms with Gasteiger partial charge in [0.05, 0.1) is 0 Å². The minimum absolute atomic E-state index is 0.121. The number of carboxylic acid groups (broad SMARTS) is 1. The van der Waals surface area contributed by atoms with Crippen LogP contribution in [0, 0.1) is 17.8 Å². The van der Waals surface area contributed by atoms with Crippen molar-refractivity contribution in [3.8, 4) is 0 Å². The van der Waals surface area contributed by atoms with Crippen molar-refractivity contribution in [2.45, 2.75) is 66.5 Å². The minimum Gasteiger partial charge on any atom is -0.465 e. The van der Waals surface area contributed by atoms with Crippen LogP contribution in [0.3, 0.4) is 0 Å². The lowest BCUT2D eigenvalue weighted by molar-refractivity contribution is -0.130. The van der Waals surface area contributed by atoms with Gasteiger partial charge in [-0.2, -0.15) is 5.10 Å². The van der Waals surface area contributed by atoms with E-state index in [0.717, 1.165) is 0 Å². The Morgan fingerprint density at radius 1 is 0.880 bits per heavy atom. The summed E-state index contributed by atoms with van der Waals surface area (Å²) in [6, 6.07) is -1.68. The Bertz CT molecular complexity index is 475. The standard InChI is InChI=1S/C17H32N4O4/c1-10(2)7-13(20-17(24)25)15(22)19-14(8-11(3)4)16(23)21-18-9-12(5)6/h9-14,20H,7-8H2,1-6H3,(H,19,22)(H,21,23)(H,24,25)/b18-9+/t13-,14-/m0/s1. The molecule has 0 aliphatic rings. The Morgan fingerprint density at radius 3 is 1.76 bits per heavy atom. The van der Waals surface area contributed by atoms with Crippen molar-refractivity contribution in [1.29, 1.82) is 0 Å². The second-order valence-electron chi connectivity index (χ2n) is 7.32. The molecule has 2 atom stereocenters. The molecule has 4 N–H and O–H groups in total. The zero-order valence-electron chi connectivity index (χ0n) is 16.0. The SMILES string of the molecule is CC(C)/C=N/NC(=O)[C@H](CC(C)C)NC(=O)[C@H](CC(C)C)NC(=O)O. The molecule has 144 valence electrons. The zero-order valence-corrected chi connectivity index (χ0v) is 16.0. The summed E-state index contributed by atoms with van der Waals surface area (Å²) in [5.74, 6) is -0.451. The molecule has 0 heterocycles. The van der Waals surface area contributed by atoms with E-state index in [2.05, 4.69) is 21.2 Å². The molecule has 3 amide bonds. The average molecular weight is 356 g/mol. The highest BCUT2D eigenvalue weighted by Crippen LogP contribution is 2.09. The molecule has 8 heteroatoms. The molecule has 25 heavy (non-hydrogen) atoms. The van der Waals surface area contributed by atoms with Crippen LogP contribution in [0.2, 0.25) is 0 Å². The molecule has 0 spiro atoms. The number of hydrogen-bond acceptors (Lipinski definition) is 4. The van der Waals surface area contributed by atoms with Gasteiger partial charge in [0.15, 0.2) is 0 Å². The molecule has 8 nitrogen and oxygen atoms in total. The fourth-order valence-corrected chi connectivity index (χ4v) is 2.16. The summed E-state index contributed by atoms with van der Waals surface area (Å²) in [5.41, 5.74) is 2.42. The molecule has 0 saturated carbocycles. The van der Waals surface area contributed by atoms with E-state index in [1.807, 2.05) is 41.5 Å². The van der Waals surface area contributed by atoms with Gasteiger partial charge in [-0.3, -0.25) is 9.59 Å². The highest BCUT2D eigenvalue weighted by atomic mass is 16.4. The topological polar surface area (TPSA) is 120 Å². The Balaban J connectivity index is 5.03. The molecule has 0 aliphatic carbocycles. The van der Waals surface area contributed by atoms with Crippen LogP contribution in [0.25, 0.3) is 0 Å². The summed E-state index contributed by atoms with van der Waals surface area (Å²) < 4.78 is 0. The first-order chi connectivity index (χ1) is 11.5. The van der Waals surface area contributed by atoms with E-state index in [0.29, 0.717) is 12.8 Å². The highest BCUT2D eigenvalue weighted by molar-refractivity contribution is 5.91. The lowest BCUT2D eigenvalue weighted by Gasteiger charge is -2.23. The first-order valence-electron chi connectivity index (χ1n) is 8.65. The van der Waals surface area contributed by atoms with Crippen LogP contribution in [0.15, 0.2) is 5.10 Å². The maximum atomic E-state index is 12.4. The first-order valence-corrected chi connectivity index (χ1v) is 8.65. The van der Waals surface area contributed by atoms with Crippen LogP contribution >= 0.6 is 0 Å². The van der Waals surface area contributed by atoms with Crippen molar-refractivity contribution in [3.05, 3.63) is 0 Å². The number of amides is 3. The van der Waals surface area contributed by atoms with Crippen molar-refractivity contribution in [1.82, 2.24) is 16.1 Å². The summed E-state index contributed by atoms with van der Waals surface area (Å²) >= 11 is 0. The molecular weight excluding hydrogens is 324 g/mol. The van der Waals surface area contributed by atoms with Crippen molar-refractivity contribution in [2.24, 2.45) is 22.9 Å². The Morgan fingerprint density at radius 2 is 1.36 bits per heavy atom. The number of carbonyl (C=O) groups excluding carboxylic acids is 2. The van der Waals surface area contributed by atoms with Gasteiger partial charge in [0.2, 0.25) is 5.91 Å². The third-order valence-corrected chi connectivity index (χ3v) is 3.21. The molecule has 0 unspecified atom stereocenters. The number of carbonyl (C=O) groups is 3. The van der Waals surface area contributed by atoms with Gasteiger partial charge in [0.25, 0.3) is 5.91 Å². The Hall–Kier alpha value is -2.12. The van der Waals surface area contributed by atoms with E-state index >= 15 is 0 Å². The summed E-state index contributed by atoms with van der Waals surface area (Å²) in [7, 11) is 0. The average Bonchev–Trinajstić information content (AvgIpc) is 2.43. The van der Waals surface area contributed by atoms with Crippen molar-refractivity contribution < 1.29 is 19.5 Å². The van der Waals surface area contributed by atoms with Crippen LogP contribution in [-0.4, -0.2) is 41.3 Å². The predicted molar refractivity (Wildman–Crippen MR) is 97.3 cm³/mol. The molecule has 0 aliphatic heterocycles. The quantitative estimate of drug-likeness (QED) is 0.353. The van der Waals surface area contributed by atoms with Gasteiger partial charge in [-0.05, 0) is 30.6 Å². The Labute approximate surface area is 149 Å². The molecule has 0 saturated heterocycles. The van der Waals surface area contributed by atoms with E-state index in [9.17, 15) is 14.4 Å².